The van der Waals surface area contributed by atoms with Crippen molar-refractivity contribution in [3.8, 4) is 16.9 Å². The Labute approximate surface area is 288 Å². The molecule has 258 valence electrons. The first-order valence-electron chi connectivity index (χ1n) is 15.9. The maximum absolute atomic E-state index is 13.6. The van der Waals surface area contributed by atoms with E-state index in [1.807, 2.05) is 48.5 Å². The van der Waals surface area contributed by atoms with E-state index in [4.69, 9.17) is 9.47 Å². The van der Waals surface area contributed by atoms with Gasteiger partial charge in [-0.1, -0.05) is 74.5 Å². The zero-order valence-electron chi connectivity index (χ0n) is 27.6. The molecule has 1 aliphatic rings. The van der Waals surface area contributed by atoms with Gasteiger partial charge < -0.3 is 25.2 Å². The Morgan fingerprint density at radius 3 is 1.96 bits per heavy atom. The summed E-state index contributed by atoms with van der Waals surface area (Å²) < 4.78 is 10.1. The number of nitrogens with zero attached hydrogens (tertiary/aromatic N) is 2. The Bertz CT molecular complexity index is 1850. The van der Waals surface area contributed by atoms with E-state index in [1.165, 1.54) is 31.2 Å². The number of benzene rings is 4. The van der Waals surface area contributed by atoms with E-state index in [2.05, 4.69) is 10.6 Å². The Kier molecular flexibility index (Phi) is 10.7. The molecule has 50 heavy (non-hydrogen) atoms. The van der Waals surface area contributed by atoms with Crippen LogP contribution in [-0.2, 0) is 20.9 Å². The second kappa shape index (κ2) is 15.3. The minimum Gasteiger partial charge on any atom is -0.465 e. The lowest BCUT2D eigenvalue weighted by Crippen LogP contribution is -2.56. The Morgan fingerprint density at radius 2 is 1.42 bits per heavy atom. The van der Waals surface area contributed by atoms with Gasteiger partial charge in [-0.3, -0.25) is 24.6 Å². The van der Waals surface area contributed by atoms with Gasteiger partial charge in [0.1, 0.15) is 24.4 Å². The largest absolute Gasteiger partial charge is 0.514 e. The van der Waals surface area contributed by atoms with E-state index in [0.717, 1.165) is 27.2 Å². The maximum atomic E-state index is 13.6. The fourth-order valence-electron chi connectivity index (χ4n) is 5.97. The third-order valence-corrected chi connectivity index (χ3v) is 8.40. The number of nitrogens with one attached hydrogen (secondary N) is 2. The molecule has 0 bridgehead atoms. The van der Waals surface area contributed by atoms with E-state index in [-0.39, 0.29) is 30.5 Å². The van der Waals surface area contributed by atoms with Crippen molar-refractivity contribution in [2.24, 2.45) is 5.92 Å². The summed E-state index contributed by atoms with van der Waals surface area (Å²) in [6.07, 6.45) is -2.23. The molecule has 0 saturated heterocycles. The number of amides is 3. The molecule has 13 heteroatoms. The highest BCUT2D eigenvalue weighted by Gasteiger charge is 2.38. The SMILES string of the molecule is CC(NC(=O)C(C(C)C)N(CC1c2ccccc2-c2ccccc21)C(=O)O)C(=O)Nc1ccc(COC(=O)Oc2ccc([N+](=O)[O-])cc2)cc1. The van der Waals surface area contributed by atoms with Crippen molar-refractivity contribution >= 4 is 35.4 Å². The van der Waals surface area contributed by atoms with Gasteiger partial charge in [-0.05, 0) is 64.9 Å². The molecular formula is C37H36N4O9. The number of fused-ring (bicyclic) bond motifs is 3. The first-order chi connectivity index (χ1) is 23.9. The van der Waals surface area contributed by atoms with E-state index >= 15 is 0 Å². The summed E-state index contributed by atoms with van der Waals surface area (Å²) in [5, 5.41) is 26.5. The van der Waals surface area contributed by atoms with Crippen LogP contribution in [0.5, 0.6) is 5.75 Å². The zero-order chi connectivity index (χ0) is 35.9. The molecule has 3 N–H and O–H groups in total. The molecule has 0 saturated carbocycles. The lowest BCUT2D eigenvalue weighted by atomic mass is 9.94. The van der Waals surface area contributed by atoms with Gasteiger partial charge in [-0.25, -0.2) is 9.59 Å². The van der Waals surface area contributed by atoms with Crippen LogP contribution in [0, 0.1) is 16.0 Å². The number of carboxylic acid groups (broad SMARTS) is 1. The number of nitro groups is 1. The third kappa shape index (κ3) is 8.06. The fraction of sp³-hybridized carbons (Fsp3) is 0.243. The predicted octanol–water partition coefficient (Wildman–Crippen LogP) is 6.57. The summed E-state index contributed by atoms with van der Waals surface area (Å²) in [4.78, 5) is 62.7. The molecule has 13 nitrogen and oxygen atoms in total. The highest BCUT2D eigenvalue weighted by Crippen LogP contribution is 2.45. The van der Waals surface area contributed by atoms with Crippen LogP contribution in [0.2, 0.25) is 0 Å². The fourth-order valence-corrected chi connectivity index (χ4v) is 5.97. The number of rotatable bonds is 12. The Balaban J connectivity index is 1.16. The average Bonchev–Trinajstić information content (AvgIpc) is 3.41. The number of non-ortho nitro benzene ring substituents is 1. The van der Waals surface area contributed by atoms with Crippen LogP contribution in [0.3, 0.4) is 0 Å². The molecule has 0 aliphatic heterocycles. The number of hydrogen-bond donors (Lipinski definition) is 3. The van der Waals surface area contributed by atoms with Crippen molar-refractivity contribution in [1.29, 1.82) is 0 Å². The van der Waals surface area contributed by atoms with Crippen LogP contribution in [0.25, 0.3) is 11.1 Å². The summed E-state index contributed by atoms with van der Waals surface area (Å²) in [6, 6.07) is 25.0. The minimum atomic E-state index is -1.23. The lowest BCUT2D eigenvalue weighted by molar-refractivity contribution is -0.384. The third-order valence-electron chi connectivity index (χ3n) is 8.40. The number of nitro benzene ring substituents is 1. The normalized spacial score (nSPS) is 13.0. The van der Waals surface area contributed by atoms with Crippen molar-refractivity contribution in [2.45, 2.75) is 45.4 Å². The van der Waals surface area contributed by atoms with Gasteiger partial charge >= 0.3 is 12.2 Å². The van der Waals surface area contributed by atoms with Gasteiger partial charge in [0.25, 0.3) is 5.69 Å². The van der Waals surface area contributed by atoms with Gasteiger partial charge in [-0.15, -0.1) is 0 Å². The smallest absolute Gasteiger partial charge is 0.465 e. The van der Waals surface area contributed by atoms with Crippen molar-refractivity contribution in [3.63, 3.8) is 0 Å². The number of hydrogen-bond acceptors (Lipinski definition) is 8. The lowest BCUT2D eigenvalue weighted by Gasteiger charge is -2.34. The molecule has 4 aromatic carbocycles. The first-order valence-corrected chi connectivity index (χ1v) is 15.9. The van der Waals surface area contributed by atoms with E-state index in [1.54, 1.807) is 38.1 Å². The molecule has 1 aliphatic carbocycles. The minimum absolute atomic E-state index is 0.0605. The van der Waals surface area contributed by atoms with Crippen molar-refractivity contribution in [2.75, 3.05) is 11.9 Å². The van der Waals surface area contributed by atoms with Gasteiger partial charge in [0, 0.05) is 30.3 Å². The topological polar surface area (TPSA) is 177 Å². The predicted molar refractivity (Wildman–Crippen MR) is 184 cm³/mol. The molecule has 0 heterocycles. The van der Waals surface area contributed by atoms with Crippen LogP contribution in [-0.4, -0.2) is 57.6 Å². The summed E-state index contributed by atoms with van der Waals surface area (Å²) in [5.41, 5.74) is 4.93. The molecule has 0 aromatic heterocycles. The van der Waals surface area contributed by atoms with Gasteiger partial charge in [0.2, 0.25) is 11.8 Å². The average molecular weight is 681 g/mol. The molecule has 0 radical (unpaired) electrons. The summed E-state index contributed by atoms with van der Waals surface area (Å²) in [6.45, 7) is 4.97. The summed E-state index contributed by atoms with van der Waals surface area (Å²) >= 11 is 0. The van der Waals surface area contributed by atoms with Crippen molar-refractivity contribution in [3.05, 3.63) is 124 Å². The highest BCUT2D eigenvalue weighted by atomic mass is 16.7. The highest BCUT2D eigenvalue weighted by molar-refractivity contribution is 5.98. The molecule has 2 atom stereocenters. The number of carbonyl (C=O) groups excluding carboxylic acids is 3. The summed E-state index contributed by atoms with van der Waals surface area (Å²) in [5.74, 6) is -1.67. The molecule has 3 amide bonds. The van der Waals surface area contributed by atoms with Gasteiger partial charge in [0.05, 0.1) is 4.92 Å². The molecule has 4 aromatic rings. The van der Waals surface area contributed by atoms with Crippen LogP contribution in [0.4, 0.5) is 21.0 Å². The number of ether oxygens (including phenoxy) is 2. The van der Waals surface area contributed by atoms with Crippen molar-refractivity contribution < 1.29 is 38.7 Å². The standard InChI is InChI=1S/C37H36N4O9/c1-22(2)33(40(36(44)45)20-32-30-10-6-4-8-28(30)29-9-5-7-11-31(29)32)35(43)38-23(3)34(42)39-25-14-12-24(13-15-25)21-49-37(46)50-27-18-16-26(17-19-27)41(47)48/h4-19,22-23,32-33H,20-21H2,1-3H3,(H,38,43)(H,39,42)(H,44,45). The Morgan fingerprint density at radius 1 is 0.840 bits per heavy atom. The van der Waals surface area contributed by atoms with Crippen LogP contribution >= 0.6 is 0 Å². The van der Waals surface area contributed by atoms with E-state index in [9.17, 15) is 34.4 Å². The monoisotopic (exact) mass is 680 g/mol. The van der Waals surface area contributed by atoms with Gasteiger partial charge in [-0.2, -0.15) is 0 Å². The zero-order valence-corrected chi connectivity index (χ0v) is 27.6. The van der Waals surface area contributed by atoms with Gasteiger partial charge in [0.15, 0.2) is 0 Å². The van der Waals surface area contributed by atoms with Crippen molar-refractivity contribution in [1.82, 2.24) is 10.2 Å². The van der Waals surface area contributed by atoms with Crippen LogP contribution in [0.15, 0.2) is 97.1 Å². The van der Waals surface area contributed by atoms with E-state index < -0.39 is 47.0 Å². The number of carbonyl (C=O) groups is 4. The number of anilines is 1. The molecule has 0 spiro atoms. The molecule has 5 rings (SSSR count). The summed E-state index contributed by atoms with van der Waals surface area (Å²) in [7, 11) is 0. The maximum Gasteiger partial charge on any atom is 0.514 e. The quantitative estimate of drug-likeness (QED) is 0.0646. The molecule has 2 unspecified atom stereocenters. The second-order valence-corrected chi connectivity index (χ2v) is 12.2. The van der Waals surface area contributed by atoms with Crippen LogP contribution < -0.4 is 15.4 Å². The first kappa shape index (κ1) is 35.1. The molecule has 0 fully saturated rings. The molecular weight excluding hydrogens is 644 g/mol. The Hall–Kier alpha value is -6.24. The van der Waals surface area contributed by atoms with Crippen LogP contribution in [0.1, 0.15) is 43.4 Å². The van der Waals surface area contributed by atoms with E-state index in [0.29, 0.717) is 11.3 Å². The second-order valence-electron chi connectivity index (χ2n) is 12.2.